The zero-order valence-corrected chi connectivity index (χ0v) is 42.7. The molecule has 6 heteroatoms. The van der Waals surface area contributed by atoms with Gasteiger partial charge in [-0.3, -0.25) is 9.59 Å². The van der Waals surface area contributed by atoms with Crippen LogP contribution in [0, 0.1) is 0 Å². The first-order valence-electron chi connectivity index (χ1n) is 27.9. The van der Waals surface area contributed by atoms with E-state index in [-0.39, 0.29) is 24.9 Å². The van der Waals surface area contributed by atoms with Gasteiger partial charge in [0.05, 0.1) is 25.2 Å². The Morgan fingerprint density at radius 2 is 0.797 bits per heavy atom. The van der Waals surface area contributed by atoms with Crippen LogP contribution in [0.1, 0.15) is 284 Å². The average Bonchev–Trinajstić information content (AvgIpc) is 3.29. The van der Waals surface area contributed by atoms with E-state index in [1.807, 2.05) is 0 Å². The highest BCUT2D eigenvalue weighted by Gasteiger charge is 2.24. The molecule has 0 aromatic rings. The molecule has 64 heavy (non-hydrogen) atoms. The summed E-state index contributed by atoms with van der Waals surface area (Å²) in [4.78, 5) is 26.2. The quantitative estimate of drug-likeness (QED) is 0.0321. The van der Waals surface area contributed by atoms with Crippen LogP contribution >= 0.6 is 0 Å². The van der Waals surface area contributed by atoms with Crippen molar-refractivity contribution in [1.82, 2.24) is 5.32 Å². The summed E-state index contributed by atoms with van der Waals surface area (Å²) in [6.07, 6.45) is 63.2. The van der Waals surface area contributed by atoms with Gasteiger partial charge < -0.3 is 20.3 Å². The van der Waals surface area contributed by atoms with Gasteiger partial charge >= 0.3 is 5.97 Å². The number of rotatable bonds is 50. The zero-order valence-electron chi connectivity index (χ0n) is 42.7. The van der Waals surface area contributed by atoms with Crippen molar-refractivity contribution in [1.29, 1.82) is 0 Å². The van der Waals surface area contributed by atoms with Crippen molar-refractivity contribution >= 4 is 11.9 Å². The Bertz CT molecular complexity index is 1100. The van der Waals surface area contributed by atoms with Crippen LogP contribution in [0.2, 0.25) is 0 Å². The number of aliphatic hydroxyl groups excluding tert-OH is 2. The lowest BCUT2D eigenvalue weighted by atomic mass is 10.0. The molecule has 0 aromatic carbocycles. The first kappa shape index (κ1) is 61.8. The number of allylic oxidation sites excluding steroid dienone is 8. The van der Waals surface area contributed by atoms with E-state index in [0.717, 1.165) is 89.9 Å². The summed E-state index contributed by atoms with van der Waals surface area (Å²) < 4.78 is 5.94. The predicted octanol–water partition coefficient (Wildman–Crippen LogP) is 17.0. The summed E-state index contributed by atoms with van der Waals surface area (Å²) in [7, 11) is 0. The third kappa shape index (κ3) is 46.4. The summed E-state index contributed by atoms with van der Waals surface area (Å²) in [5.41, 5.74) is 0. The number of aliphatic hydroxyl groups is 2. The van der Waals surface area contributed by atoms with Gasteiger partial charge in [0, 0.05) is 6.42 Å². The molecule has 0 heterocycles. The van der Waals surface area contributed by atoms with Gasteiger partial charge in [0.25, 0.3) is 0 Å². The molecule has 0 aliphatic rings. The molecule has 0 saturated heterocycles. The molecule has 0 aliphatic carbocycles. The van der Waals surface area contributed by atoms with Gasteiger partial charge in [0.15, 0.2) is 0 Å². The molecule has 3 atom stereocenters. The number of carbonyl (C=O) groups excluding carboxylic acids is 2. The largest absolute Gasteiger partial charge is 0.462 e. The fraction of sp³-hybridized carbons (Fsp3) is 0.828. The minimum atomic E-state index is -0.795. The lowest BCUT2D eigenvalue weighted by Gasteiger charge is -2.24. The minimum Gasteiger partial charge on any atom is -0.462 e. The van der Waals surface area contributed by atoms with Gasteiger partial charge in [0.2, 0.25) is 5.91 Å². The highest BCUT2D eigenvalue weighted by atomic mass is 16.5. The molecule has 3 unspecified atom stereocenters. The van der Waals surface area contributed by atoms with Crippen molar-refractivity contribution in [2.75, 3.05) is 6.61 Å². The summed E-state index contributed by atoms with van der Waals surface area (Å²) in [6, 6.07) is -0.710. The maximum absolute atomic E-state index is 13.2. The van der Waals surface area contributed by atoms with Crippen molar-refractivity contribution in [3.8, 4) is 0 Å². The van der Waals surface area contributed by atoms with Crippen molar-refractivity contribution in [3.05, 3.63) is 48.6 Å². The van der Waals surface area contributed by atoms with Crippen LogP contribution in [0.3, 0.4) is 0 Å². The fourth-order valence-corrected chi connectivity index (χ4v) is 8.37. The summed E-state index contributed by atoms with van der Waals surface area (Å²) in [5.74, 6) is -0.498. The second kappa shape index (κ2) is 51.8. The number of nitrogens with one attached hydrogen (secondary N) is 1. The monoisotopic (exact) mass is 898 g/mol. The Morgan fingerprint density at radius 3 is 1.25 bits per heavy atom. The topological polar surface area (TPSA) is 95.9 Å². The van der Waals surface area contributed by atoms with Gasteiger partial charge in [-0.05, 0) is 89.9 Å². The summed E-state index contributed by atoms with van der Waals surface area (Å²) in [5, 5.41) is 23.8. The Balaban J connectivity index is 4.60. The molecule has 0 spiro atoms. The lowest BCUT2D eigenvalue weighted by molar-refractivity contribution is -0.151. The normalized spacial score (nSPS) is 13.5. The van der Waals surface area contributed by atoms with E-state index in [1.165, 1.54) is 148 Å². The third-order valence-electron chi connectivity index (χ3n) is 12.6. The second-order valence-electron chi connectivity index (χ2n) is 19.0. The highest BCUT2D eigenvalue weighted by molar-refractivity contribution is 5.77. The maximum atomic E-state index is 13.2. The first-order valence-corrected chi connectivity index (χ1v) is 27.9. The van der Waals surface area contributed by atoms with Gasteiger partial charge in [-0.15, -0.1) is 0 Å². The summed E-state index contributed by atoms with van der Waals surface area (Å²) in [6.45, 7) is 6.45. The molecule has 6 nitrogen and oxygen atoms in total. The van der Waals surface area contributed by atoms with Crippen LogP contribution in [-0.4, -0.2) is 46.9 Å². The highest BCUT2D eigenvalue weighted by Crippen LogP contribution is 2.18. The maximum Gasteiger partial charge on any atom is 0.306 e. The van der Waals surface area contributed by atoms with Gasteiger partial charge in [0.1, 0.15) is 6.10 Å². The number of amides is 1. The number of unbranched alkanes of at least 4 members (excludes halogenated alkanes) is 30. The number of hydrogen-bond donors (Lipinski definition) is 3. The molecule has 0 aromatic heterocycles. The van der Waals surface area contributed by atoms with E-state index >= 15 is 0 Å². The molecule has 0 radical (unpaired) electrons. The molecule has 3 N–H and O–H groups in total. The van der Waals surface area contributed by atoms with Crippen molar-refractivity contribution in [2.24, 2.45) is 0 Å². The molecule has 0 aliphatic heterocycles. The van der Waals surface area contributed by atoms with E-state index in [2.05, 4.69) is 74.7 Å². The van der Waals surface area contributed by atoms with Crippen LogP contribution in [0.4, 0.5) is 0 Å². The van der Waals surface area contributed by atoms with E-state index < -0.39 is 18.2 Å². The number of ether oxygens (including phenoxy) is 1. The van der Waals surface area contributed by atoms with E-state index in [1.54, 1.807) is 0 Å². The molecule has 0 saturated carbocycles. The van der Waals surface area contributed by atoms with Gasteiger partial charge in [-0.1, -0.05) is 230 Å². The molecule has 1 amide bonds. The Hall–Kier alpha value is -2.18. The number of esters is 1. The standard InChI is InChI=1S/C58H107NO5/c1-4-7-10-13-16-19-22-24-26-28-30-32-34-36-39-42-45-48-51-58(63)64-54(49-46-43-40-37-35-33-31-29-27-25-23-20-17-14-11-8-5-2)52-57(62)59-55(53-60)56(61)50-47-44-41-38-21-18-15-12-9-6-3/h17,20,25,27,30-33,54-56,60-61H,4-16,18-19,21-24,26,28-29,34-53H2,1-3H3,(H,59,62)/b20-17-,27-25-,32-30+,33-31-. The number of hydrogen-bond acceptors (Lipinski definition) is 5. The van der Waals surface area contributed by atoms with Crippen LogP contribution in [-0.2, 0) is 14.3 Å². The van der Waals surface area contributed by atoms with Crippen molar-refractivity contribution in [3.63, 3.8) is 0 Å². The molecular formula is C58H107NO5. The van der Waals surface area contributed by atoms with Crippen molar-refractivity contribution < 1.29 is 24.5 Å². The molecular weight excluding hydrogens is 791 g/mol. The van der Waals surface area contributed by atoms with E-state index in [9.17, 15) is 19.8 Å². The zero-order chi connectivity index (χ0) is 46.7. The van der Waals surface area contributed by atoms with E-state index in [0.29, 0.717) is 19.3 Å². The molecule has 0 fully saturated rings. The Kier molecular flexibility index (Phi) is 50.0. The Labute approximate surface area is 397 Å². The van der Waals surface area contributed by atoms with E-state index in [4.69, 9.17) is 4.74 Å². The van der Waals surface area contributed by atoms with Gasteiger partial charge in [-0.25, -0.2) is 0 Å². The van der Waals surface area contributed by atoms with Gasteiger partial charge in [-0.2, -0.15) is 0 Å². The Morgan fingerprint density at radius 1 is 0.453 bits per heavy atom. The summed E-state index contributed by atoms with van der Waals surface area (Å²) >= 11 is 0. The van der Waals surface area contributed by atoms with Crippen LogP contribution in [0.15, 0.2) is 48.6 Å². The molecule has 0 rings (SSSR count). The van der Waals surface area contributed by atoms with Crippen LogP contribution in [0.5, 0.6) is 0 Å². The SMILES string of the molecule is CCCCC/C=C\C/C=C\C/C=C\CCCCCCC(CC(=O)NC(CO)C(O)CCCCCCCCCCCC)OC(=O)CCCCCCC/C=C/CCCCCCCCCCC. The minimum absolute atomic E-state index is 0.0603. The first-order chi connectivity index (χ1) is 31.5. The predicted molar refractivity (Wildman–Crippen MR) is 278 cm³/mol. The van der Waals surface area contributed by atoms with Crippen LogP contribution < -0.4 is 5.32 Å². The van der Waals surface area contributed by atoms with Crippen molar-refractivity contribution in [2.45, 2.75) is 302 Å². The lowest BCUT2D eigenvalue weighted by Crippen LogP contribution is -2.46. The molecule has 0 bridgehead atoms. The second-order valence-corrected chi connectivity index (χ2v) is 19.0. The fourth-order valence-electron chi connectivity index (χ4n) is 8.37. The van der Waals surface area contributed by atoms with Crippen LogP contribution in [0.25, 0.3) is 0 Å². The average molecular weight is 898 g/mol. The molecule has 374 valence electrons. The third-order valence-corrected chi connectivity index (χ3v) is 12.6. The smallest absolute Gasteiger partial charge is 0.306 e. The number of carbonyl (C=O) groups is 2.